The van der Waals surface area contributed by atoms with Crippen molar-refractivity contribution in [1.29, 1.82) is 0 Å². The lowest BCUT2D eigenvalue weighted by atomic mass is 10.3. The molecule has 1 amide bonds. The minimum atomic E-state index is -0.347. The summed E-state index contributed by atoms with van der Waals surface area (Å²) in [6.45, 7) is 3.49. The highest BCUT2D eigenvalue weighted by Gasteiger charge is 2.18. The summed E-state index contributed by atoms with van der Waals surface area (Å²) in [5, 5.41) is 6.40. The van der Waals surface area contributed by atoms with Crippen LogP contribution in [-0.2, 0) is 7.05 Å². The summed E-state index contributed by atoms with van der Waals surface area (Å²) < 4.78 is 6.61. The Morgan fingerprint density at radius 1 is 1.59 bits per heavy atom. The molecule has 0 aliphatic rings. The molecule has 90 valence electrons. The molecule has 0 fully saturated rings. The molecule has 0 aliphatic heterocycles. The van der Waals surface area contributed by atoms with Gasteiger partial charge in [-0.15, -0.1) is 0 Å². The van der Waals surface area contributed by atoms with E-state index in [1.54, 1.807) is 37.9 Å². The molecule has 2 aromatic heterocycles. The number of rotatable bonds is 3. The zero-order chi connectivity index (χ0) is 12.4. The summed E-state index contributed by atoms with van der Waals surface area (Å²) in [4.78, 5) is 19.8. The average molecular weight is 235 g/mol. The predicted molar refractivity (Wildman–Crippen MR) is 58.1 cm³/mol. The number of nitrogens with one attached hydrogen (secondary N) is 1. The van der Waals surface area contributed by atoms with Crippen LogP contribution in [0.3, 0.4) is 0 Å². The molecule has 0 aliphatic carbocycles. The molecule has 0 saturated carbocycles. The lowest BCUT2D eigenvalue weighted by Crippen LogP contribution is -2.29. The second-order valence-corrected chi connectivity index (χ2v) is 3.74. The molecule has 2 aromatic rings. The molecule has 1 N–H and O–H groups in total. The number of aromatic nitrogens is 4. The van der Waals surface area contributed by atoms with E-state index >= 15 is 0 Å². The Labute approximate surface area is 97.8 Å². The molecule has 17 heavy (non-hydrogen) atoms. The molecule has 2 heterocycles. The fourth-order valence-corrected chi connectivity index (χ4v) is 1.40. The van der Waals surface area contributed by atoms with Crippen LogP contribution >= 0.6 is 0 Å². The molecule has 1 atom stereocenters. The number of hydrogen-bond donors (Lipinski definition) is 1. The third kappa shape index (κ3) is 2.32. The lowest BCUT2D eigenvalue weighted by Gasteiger charge is -2.08. The quantitative estimate of drug-likeness (QED) is 0.842. The van der Waals surface area contributed by atoms with Crippen molar-refractivity contribution in [3.63, 3.8) is 0 Å². The van der Waals surface area contributed by atoms with E-state index in [-0.39, 0.29) is 11.9 Å². The van der Waals surface area contributed by atoms with Crippen molar-refractivity contribution in [1.82, 2.24) is 25.0 Å². The van der Waals surface area contributed by atoms with Crippen molar-refractivity contribution < 1.29 is 9.32 Å². The number of imidazole rings is 1. The minimum absolute atomic E-state index is 0.277. The zero-order valence-electron chi connectivity index (χ0n) is 9.84. The van der Waals surface area contributed by atoms with Gasteiger partial charge in [0, 0.05) is 19.4 Å². The minimum Gasteiger partial charge on any atom is -0.338 e. The van der Waals surface area contributed by atoms with Crippen LogP contribution in [0.25, 0.3) is 0 Å². The van der Waals surface area contributed by atoms with Crippen LogP contribution in [0.2, 0.25) is 0 Å². The number of amides is 1. The van der Waals surface area contributed by atoms with Crippen molar-refractivity contribution in [2.24, 2.45) is 7.05 Å². The van der Waals surface area contributed by atoms with Gasteiger partial charge in [-0.1, -0.05) is 5.16 Å². The van der Waals surface area contributed by atoms with Crippen LogP contribution in [0.4, 0.5) is 0 Å². The van der Waals surface area contributed by atoms with E-state index in [1.807, 2.05) is 0 Å². The molecule has 0 spiro atoms. The monoisotopic (exact) mass is 235 g/mol. The number of hydrogen-bond acceptors (Lipinski definition) is 5. The van der Waals surface area contributed by atoms with Crippen LogP contribution in [0, 0.1) is 6.92 Å². The fourth-order valence-electron chi connectivity index (χ4n) is 1.40. The van der Waals surface area contributed by atoms with Crippen LogP contribution in [0.5, 0.6) is 0 Å². The maximum absolute atomic E-state index is 11.8. The maximum atomic E-state index is 11.8. The van der Waals surface area contributed by atoms with Gasteiger partial charge in [0.15, 0.2) is 11.6 Å². The molecule has 0 radical (unpaired) electrons. The van der Waals surface area contributed by atoms with Crippen molar-refractivity contribution in [3.05, 3.63) is 29.9 Å². The average Bonchev–Trinajstić information content (AvgIpc) is 2.86. The fraction of sp³-hybridized carbons (Fsp3) is 0.400. The molecule has 7 nitrogen and oxygen atoms in total. The highest BCUT2D eigenvalue weighted by Crippen LogP contribution is 2.09. The first-order chi connectivity index (χ1) is 8.08. The lowest BCUT2D eigenvalue weighted by molar-refractivity contribution is 0.0919. The van der Waals surface area contributed by atoms with E-state index in [0.29, 0.717) is 17.5 Å². The highest BCUT2D eigenvalue weighted by atomic mass is 16.5. The first-order valence-electron chi connectivity index (χ1n) is 5.16. The first-order valence-corrected chi connectivity index (χ1v) is 5.16. The van der Waals surface area contributed by atoms with E-state index in [1.165, 1.54) is 0 Å². The smallest absolute Gasteiger partial charge is 0.287 e. The standard InChI is InChI=1S/C10H13N5O2/c1-6(10-13-7(2)14-17-10)12-9(16)8-11-4-5-15(8)3/h4-6H,1-3H3,(H,12,16). The Morgan fingerprint density at radius 2 is 2.35 bits per heavy atom. The second kappa shape index (κ2) is 4.36. The SMILES string of the molecule is Cc1noc(C(C)NC(=O)c2nccn2C)n1. The topological polar surface area (TPSA) is 85.8 Å². The van der Waals surface area contributed by atoms with Crippen molar-refractivity contribution in [3.8, 4) is 0 Å². The third-order valence-corrected chi connectivity index (χ3v) is 2.29. The van der Waals surface area contributed by atoms with Gasteiger partial charge in [-0.3, -0.25) is 4.79 Å². The van der Waals surface area contributed by atoms with E-state index in [9.17, 15) is 4.79 Å². The van der Waals surface area contributed by atoms with Crippen LogP contribution < -0.4 is 5.32 Å². The molecule has 7 heteroatoms. The van der Waals surface area contributed by atoms with E-state index in [2.05, 4.69) is 20.4 Å². The van der Waals surface area contributed by atoms with Gasteiger partial charge in [-0.2, -0.15) is 4.98 Å². The summed E-state index contributed by atoms with van der Waals surface area (Å²) in [6.07, 6.45) is 3.27. The zero-order valence-corrected chi connectivity index (χ0v) is 9.84. The summed E-state index contributed by atoms with van der Waals surface area (Å²) in [7, 11) is 1.75. The number of carbonyl (C=O) groups is 1. The van der Waals surface area contributed by atoms with Crippen LogP contribution in [0.15, 0.2) is 16.9 Å². The van der Waals surface area contributed by atoms with Crippen molar-refractivity contribution in [2.75, 3.05) is 0 Å². The summed E-state index contributed by atoms with van der Waals surface area (Å²) >= 11 is 0. The van der Waals surface area contributed by atoms with Gasteiger partial charge < -0.3 is 14.4 Å². The molecule has 0 saturated heterocycles. The van der Waals surface area contributed by atoms with Crippen molar-refractivity contribution >= 4 is 5.91 Å². The molecule has 2 rings (SSSR count). The predicted octanol–water partition coefficient (Wildman–Crippen LogP) is 0.603. The van der Waals surface area contributed by atoms with E-state index in [0.717, 1.165) is 0 Å². The number of carbonyl (C=O) groups excluding carboxylic acids is 1. The Hall–Kier alpha value is -2.18. The van der Waals surface area contributed by atoms with Crippen LogP contribution in [0.1, 0.15) is 35.3 Å². The highest BCUT2D eigenvalue weighted by molar-refractivity contribution is 5.90. The normalized spacial score (nSPS) is 12.4. The largest absolute Gasteiger partial charge is 0.338 e. The second-order valence-electron chi connectivity index (χ2n) is 3.74. The van der Waals surface area contributed by atoms with E-state index in [4.69, 9.17) is 4.52 Å². The van der Waals surface area contributed by atoms with Gasteiger partial charge in [-0.25, -0.2) is 4.98 Å². The van der Waals surface area contributed by atoms with Gasteiger partial charge >= 0.3 is 0 Å². The molecule has 1 unspecified atom stereocenters. The van der Waals surface area contributed by atoms with Gasteiger partial charge in [0.05, 0.1) is 0 Å². The van der Waals surface area contributed by atoms with Crippen LogP contribution in [-0.4, -0.2) is 25.6 Å². The summed E-state index contributed by atoms with van der Waals surface area (Å²) in [5.41, 5.74) is 0. The molecular formula is C10H13N5O2. The number of nitrogens with zero attached hydrogens (tertiary/aromatic N) is 4. The maximum Gasteiger partial charge on any atom is 0.287 e. The Bertz CT molecular complexity index is 530. The first kappa shape index (κ1) is 11.3. The Morgan fingerprint density at radius 3 is 2.88 bits per heavy atom. The van der Waals surface area contributed by atoms with Crippen molar-refractivity contribution in [2.45, 2.75) is 19.9 Å². The van der Waals surface area contributed by atoms with E-state index < -0.39 is 0 Å². The Balaban J connectivity index is 2.07. The summed E-state index contributed by atoms with van der Waals surface area (Å²) in [6, 6.07) is -0.347. The van der Waals surface area contributed by atoms with Gasteiger partial charge in [0.2, 0.25) is 5.89 Å². The van der Waals surface area contributed by atoms with Gasteiger partial charge in [0.1, 0.15) is 6.04 Å². The van der Waals surface area contributed by atoms with Gasteiger partial charge in [-0.05, 0) is 13.8 Å². The molecular weight excluding hydrogens is 222 g/mol. The molecule has 0 bridgehead atoms. The molecule has 0 aromatic carbocycles. The third-order valence-electron chi connectivity index (χ3n) is 2.29. The Kier molecular flexibility index (Phi) is 2.90. The summed E-state index contributed by atoms with van der Waals surface area (Å²) in [5.74, 6) is 0.983. The van der Waals surface area contributed by atoms with Gasteiger partial charge in [0.25, 0.3) is 5.91 Å². The number of aryl methyl sites for hydroxylation is 2.